The van der Waals surface area contributed by atoms with Gasteiger partial charge >= 0.3 is 0 Å². The summed E-state index contributed by atoms with van der Waals surface area (Å²) in [5.41, 5.74) is 2.30. The first kappa shape index (κ1) is 13.8. The van der Waals surface area contributed by atoms with Gasteiger partial charge in [-0.25, -0.2) is 4.39 Å². The molecular weight excluding hydrogens is 237 g/mol. The van der Waals surface area contributed by atoms with E-state index >= 15 is 0 Å². The van der Waals surface area contributed by atoms with Gasteiger partial charge in [0.1, 0.15) is 5.82 Å². The van der Waals surface area contributed by atoms with Crippen LogP contribution in [0, 0.1) is 5.82 Å². The van der Waals surface area contributed by atoms with E-state index in [1.807, 2.05) is 12.1 Å². The van der Waals surface area contributed by atoms with Crippen molar-refractivity contribution >= 4 is 0 Å². The van der Waals surface area contributed by atoms with Gasteiger partial charge in [0.15, 0.2) is 0 Å². The van der Waals surface area contributed by atoms with Crippen molar-refractivity contribution in [3.63, 3.8) is 0 Å². The third-order valence-electron chi connectivity index (χ3n) is 3.27. The molecule has 0 fully saturated rings. The van der Waals surface area contributed by atoms with Gasteiger partial charge < -0.3 is 5.32 Å². The van der Waals surface area contributed by atoms with Crippen LogP contribution in [0.5, 0.6) is 0 Å². The molecule has 0 aliphatic heterocycles. The molecule has 0 aromatic heterocycles. The molecule has 0 saturated heterocycles. The van der Waals surface area contributed by atoms with Crippen LogP contribution in [0.15, 0.2) is 54.6 Å². The Morgan fingerprint density at radius 3 is 2.42 bits per heavy atom. The van der Waals surface area contributed by atoms with Crippen molar-refractivity contribution in [1.82, 2.24) is 5.32 Å². The maximum absolute atomic E-state index is 13.2. The summed E-state index contributed by atoms with van der Waals surface area (Å²) < 4.78 is 13.2. The van der Waals surface area contributed by atoms with Crippen molar-refractivity contribution in [3.8, 4) is 0 Å². The fourth-order valence-corrected chi connectivity index (χ4v) is 2.33. The van der Waals surface area contributed by atoms with Crippen molar-refractivity contribution in [2.45, 2.75) is 32.4 Å². The van der Waals surface area contributed by atoms with Gasteiger partial charge in [-0.15, -0.1) is 0 Å². The third-order valence-corrected chi connectivity index (χ3v) is 3.27. The Balaban J connectivity index is 1.93. The minimum atomic E-state index is -0.179. The standard InChI is InChI=1S/C17H20FN/c1-13(11-15-7-4-3-5-8-15)19-14(2)16-9-6-10-17(18)12-16/h3-10,12-14,19H,11H2,1-2H3. The Hall–Kier alpha value is -1.67. The van der Waals surface area contributed by atoms with Crippen LogP contribution in [0.4, 0.5) is 4.39 Å². The Bertz CT molecular complexity index is 510. The molecule has 2 rings (SSSR count). The van der Waals surface area contributed by atoms with E-state index in [4.69, 9.17) is 0 Å². The largest absolute Gasteiger partial charge is 0.307 e. The zero-order valence-corrected chi connectivity index (χ0v) is 11.4. The fourth-order valence-electron chi connectivity index (χ4n) is 2.33. The number of nitrogens with one attached hydrogen (secondary N) is 1. The van der Waals surface area contributed by atoms with E-state index in [1.165, 1.54) is 11.6 Å². The molecule has 1 nitrogen and oxygen atoms in total. The SMILES string of the molecule is CC(Cc1ccccc1)NC(C)c1cccc(F)c1. The predicted molar refractivity (Wildman–Crippen MR) is 77.6 cm³/mol. The van der Waals surface area contributed by atoms with Crippen LogP contribution < -0.4 is 5.32 Å². The van der Waals surface area contributed by atoms with E-state index in [1.54, 1.807) is 12.1 Å². The van der Waals surface area contributed by atoms with Gasteiger partial charge in [0.25, 0.3) is 0 Å². The maximum Gasteiger partial charge on any atom is 0.123 e. The second-order valence-electron chi connectivity index (χ2n) is 5.03. The number of halogens is 1. The Labute approximate surface area is 114 Å². The Morgan fingerprint density at radius 2 is 1.74 bits per heavy atom. The van der Waals surface area contributed by atoms with E-state index < -0.39 is 0 Å². The average Bonchev–Trinajstić information content (AvgIpc) is 2.39. The zero-order chi connectivity index (χ0) is 13.7. The highest BCUT2D eigenvalue weighted by Gasteiger charge is 2.10. The van der Waals surface area contributed by atoms with Gasteiger partial charge in [-0.2, -0.15) is 0 Å². The highest BCUT2D eigenvalue weighted by Crippen LogP contribution is 2.15. The lowest BCUT2D eigenvalue weighted by molar-refractivity contribution is 0.475. The van der Waals surface area contributed by atoms with Crippen molar-refractivity contribution in [3.05, 3.63) is 71.5 Å². The van der Waals surface area contributed by atoms with Gasteiger partial charge in [-0.3, -0.25) is 0 Å². The summed E-state index contributed by atoms with van der Waals surface area (Å²) in [5, 5.41) is 3.51. The topological polar surface area (TPSA) is 12.0 Å². The summed E-state index contributed by atoms with van der Waals surface area (Å²) in [6.07, 6.45) is 0.973. The van der Waals surface area contributed by atoms with E-state index in [2.05, 4.69) is 43.4 Å². The highest BCUT2D eigenvalue weighted by atomic mass is 19.1. The summed E-state index contributed by atoms with van der Waals surface area (Å²) in [7, 11) is 0. The molecule has 0 aliphatic rings. The van der Waals surface area contributed by atoms with E-state index in [0.717, 1.165) is 12.0 Å². The molecule has 0 bridgehead atoms. The molecule has 1 N–H and O–H groups in total. The summed E-state index contributed by atoms with van der Waals surface area (Å²) in [5.74, 6) is -0.179. The van der Waals surface area contributed by atoms with Gasteiger partial charge in [-0.05, 0) is 43.5 Å². The van der Waals surface area contributed by atoms with Crippen molar-refractivity contribution in [1.29, 1.82) is 0 Å². The first-order valence-corrected chi connectivity index (χ1v) is 6.70. The third kappa shape index (κ3) is 4.18. The summed E-state index contributed by atoms with van der Waals surface area (Å²) in [6, 6.07) is 17.7. The molecule has 0 aliphatic carbocycles. The van der Waals surface area contributed by atoms with E-state index in [-0.39, 0.29) is 11.9 Å². The Morgan fingerprint density at radius 1 is 1.00 bits per heavy atom. The van der Waals surface area contributed by atoms with Crippen LogP contribution in [-0.4, -0.2) is 6.04 Å². The summed E-state index contributed by atoms with van der Waals surface area (Å²) in [6.45, 7) is 4.22. The van der Waals surface area contributed by atoms with Crippen LogP contribution in [-0.2, 0) is 6.42 Å². The molecule has 0 heterocycles. The monoisotopic (exact) mass is 257 g/mol. The van der Waals surface area contributed by atoms with Gasteiger partial charge in [-0.1, -0.05) is 42.5 Å². The van der Waals surface area contributed by atoms with Crippen LogP contribution in [0.3, 0.4) is 0 Å². The van der Waals surface area contributed by atoms with Gasteiger partial charge in [0, 0.05) is 12.1 Å². The zero-order valence-electron chi connectivity index (χ0n) is 11.4. The average molecular weight is 257 g/mol. The van der Waals surface area contributed by atoms with Crippen LogP contribution in [0.2, 0.25) is 0 Å². The van der Waals surface area contributed by atoms with E-state index in [0.29, 0.717) is 6.04 Å². The second kappa shape index (κ2) is 6.48. The molecule has 19 heavy (non-hydrogen) atoms. The number of hydrogen-bond donors (Lipinski definition) is 1. The lowest BCUT2D eigenvalue weighted by atomic mass is 10.0. The quantitative estimate of drug-likeness (QED) is 0.850. The predicted octanol–water partition coefficient (Wildman–Crippen LogP) is 4.11. The molecule has 0 amide bonds. The smallest absolute Gasteiger partial charge is 0.123 e. The van der Waals surface area contributed by atoms with Crippen LogP contribution >= 0.6 is 0 Å². The molecule has 0 saturated carbocycles. The second-order valence-corrected chi connectivity index (χ2v) is 5.03. The highest BCUT2D eigenvalue weighted by molar-refractivity contribution is 5.20. The summed E-state index contributed by atoms with van der Waals surface area (Å²) >= 11 is 0. The van der Waals surface area contributed by atoms with Gasteiger partial charge in [0.2, 0.25) is 0 Å². The number of benzene rings is 2. The minimum Gasteiger partial charge on any atom is -0.307 e. The Kier molecular flexibility index (Phi) is 4.69. The van der Waals surface area contributed by atoms with Crippen molar-refractivity contribution in [2.24, 2.45) is 0 Å². The van der Waals surface area contributed by atoms with E-state index in [9.17, 15) is 4.39 Å². The molecular formula is C17H20FN. The van der Waals surface area contributed by atoms with Crippen molar-refractivity contribution in [2.75, 3.05) is 0 Å². The fraction of sp³-hybridized carbons (Fsp3) is 0.294. The minimum absolute atomic E-state index is 0.148. The molecule has 2 aromatic carbocycles. The molecule has 2 aromatic rings. The molecule has 2 unspecified atom stereocenters. The molecule has 2 atom stereocenters. The molecule has 100 valence electrons. The number of hydrogen-bond acceptors (Lipinski definition) is 1. The van der Waals surface area contributed by atoms with Crippen LogP contribution in [0.25, 0.3) is 0 Å². The normalized spacial score (nSPS) is 14.1. The van der Waals surface area contributed by atoms with Crippen LogP contribution in [0.1, 0.15) is 31.0 Å². The summed E-state index contributed by atoms with van der Waals surface area (Å²) in [4.78, 5) is 0. The molecule has 0 spiro atoms. The first-order chi connectivity index (χ1) is 9.15. The number of rotatable bonds is 5. The lowest BCUT2D eigenvalue weighted by Crippen LogP contribution is -2.30. The molecule has 2 heteroatoms. The lowest BCUT2D eigenvalue weighted by Gasteiger charge is -2.20. The molecule has 0 radical (unpaired) electrons. The maximum atomic E-state index is 13.2. The van der Waals surface area contributed by atoms with Gasteiger partial charge in [0.05, 0.1) is 0 Å². The van der Waals surface area contributed by atoms with Crippen molar-refractivity contribution < 1.29 is 4.39 Å². The first-order valence-electron chi connectivity index (χ1n) is 6.70.